The molecule has 2 rings (SSSR count). The molecule has 0 spiro atoms. The summed E-state index contributed by atoms with van der Waals surface area (Å²) < 4.78 is 20.8. The Labute approximate surface area is 120 Å². The third-order valence-corrected chi connectivity index (χ3v) is 3.43. The van der Waals surface area contributed by atoms with E-state index < -0.39 is 0 Å². The van der Waals surface area contributed by atoms with E-state index >= 15 is 0 Å². The van der Waals surface area contributed by atoms with Gasteiger partial charge in [-0.1, -0.05) is 15.9 Å². The van der Waals surface area contributed by atoms with Gasteiger partial charge in [0, 0.05) is 17.4 Å². The summed E-state index contributed by atoms with van der Waals surface area (Å²) in [7, 11) is 0. The second kappa shape index (κ2) is 6.19. The van der Waals surface area contributed by atoms with Crippen molar-refractivity contribution in [2.75, 3.05) is 0 Å². The molecule has 0 saturated heterocycles. The van der Waals surface area contributed by atoms with Crippen molar-refractivity contribution in [3.8, 4) is 5.75 Å². The molecule has 0 amide bonds. The average Bonchev–Trinajstić information content (AvgIpc) is 2.77. The number of nitrogens with zero attached hydrogens (tertiary/aromatic N) is 2. The van der Waals surface area contributed by atoms with Crippen LogP contribution in [0.4, 0.5) is 4.39 Å². The predicted octanol–water partition coefficient (Wildman–Crippen LogP) is 3.82. The molecular formula is C14H16BrFN2O. The summed E-state index contributed by atoms with van der Waals surface area (Å²) in [5.41, 5.74) is 2.80. The lowest BCUT2D eigenvalue weighted by atomic mass is 10.2. The fraction of sp³-hybridized carbons (Fsp3) is 0.357. The van der Waals surface area contributed by atoms with Gasteiger partial charge in [0.1, 0.15) is 18.2 Å². The van der Waals surface area contributed by atoms with E-state index in [1.54, 1.807) is 6.07 Å². The molecule has 0 saturated carbocycles. The minimum absolute atomic E-state index is 0.253. The zero-order valence-electron chi connectivity index (χ0n) is 11.0. The highest BCUT2D eigenvalue weighted by Crippen LogP contribution is 2.23. The maximum absolute atomic E-state index is 13.1. The van der Waals surface area contributed by atoms with Gasteiger partial charge in [-0.25, -0.2) is 4.39 Å². The van der Waals surface area contributed by atoms with Gasteiger partial charge in [0.25, 0.3) is 0 Å². The summed E-state index contributed by atoms with van der Waals surface area (Å²) in [6.45, 7) is 5.23. The maximum atomic E-state index is 13.1. The van der Waals surface area contributed by atoms with Gasteiger partial charge in [0.2, 0.25) is 0 Å². The van der Waals surface area contributed by atoms with E-state index in [0.717, 1.165) is 23.5 Å². The van der Waals surface area contributed by atoms with Crippen LogP contribution in [-0.4, -0.2) is 9.78 Å². The van der Waals surface area contributed by atoms with Crippen LogP contribution in [0.2, 0.25) is 0 Å². The van der Waals surface area contributed by atoms with Crippen molar-refractivity contribution in [1.82, 2.24) is 9.78 Å². The van der Waals surface area contributed by atoms with Gasteiger partial charge < -0.3 is 4.74 Å². The molecule has 1 aromatic carbocycles. The Morgan fingerprint density at radius 2 is 2.16 bits per heavy atom. The Kier molecular flexibility index (Phi) is 4.58. The zero-order chi connectivity index (χ0) is 13.8. The van der Waals surface area contributed by atoms with Crippen LogP contribution in [0.15, 0.2) is 24.3 Å². The van der Waals surface area contributed by atoms with Crippen molar-refractivity contribution in [2.45, 2.75) is 32.3 Å². The first-order valence-electron chi connectivity index (χ1n) is 6.14. The van der Waals surface area contributed by atoms with Crippen LogP contribution in [-0.2, 0) is 18.5 Å². The highest BCUT2D eigenvalue weighted by Gasteiger charge is 2.08. The second-order valence-electron chi connectivity index (χ2n) is 4.27. The Morgan fingerprint density at radius 3 is 2.84 bits per heavy atom. The third-order valence-electron chi connectivity index (χ3n) is 2.83. The van der Waals surface area contributed by atoms with Crippen LogP contribution in [0.25, 0.3) is 0 Å². The molecule has 3 nitrogen and oxygen atoms in total. The van der Waals surface area contributed by atoms with Gasteiger partial charge in [0.05, 0.1) is 11.4 Å². The van der Waals surface area contributed by atoms with E-state index in [2.05, 4.69) is 21.0 Å². The fourth-order valence-electron chi connectivity index (χ4n) is 1.93. The van der Waals surface area contributed by atoms with Gasteiger partial charge in [0.15, 0.2) is 0 Å². The van der Waals surface area contributed by atoms with Crippen molar-refractivity contribution in [2.24, 2.45) is 0 Å². The highest BCUT2D eigenvalue weighted by atomic mass is 79.9. The molecule has 0 atom stereocenters. The molecule has 0 radical (unpaired) electrons. The van der Waals surface area contributed by atoms with Gasteiger partial charge >= 0.3 is 0 Å². The number of benzene rings is 1. The van der Waals surface area contributed by atoms with Crippen molar-refractivity contribution in [3.63, 3.8) is 0 Å². The van der Waals surface area contributed by atoms with Crippen molar-refractivity contribution in [1.29, 1.82) is 0 Å². The molecule has 0 unspecified atom stereocenters. The van der Waals surface area contributed by atoms with E-state index in [4.69, 9.17) is 4.74 Å². The first-order valence-corrected chi connectivity index (χ1v) is 7.26. The van der Waals surface area contributed by atoms with E-state index in [1.165, 1.54) is 12.1 Å². The van der Waals surface area contributed by atoms with Crippen LogP contribution >= 0.6 is 15.9 Å². The van der Waals surface area contributed by atoms with E-state index in [0.29, 0.717) is 17.7 Å². The Morgan fingerprint density at radius 1 is 1.37 bits per heavy atom. The molecule has 2 aromatic rings. The average molecular weight is 327 g/mol. The zero-order valence-corrected chi connectivity index (χ0v) is 12.6. The van der Waals surface area contributed by atoms with Crippen molar-refractivity contribution < 1.29 is 9.13 Å². The highest BCUT2D eigenvalue weighted by molar-refractivity contribution is 9.08. The van der Waals surface area contributed by atoms with Gasteiger partial charge in [-0.2, -0.15) is 5.10 Å². The molecule has 19 heavy (non-hydrogen) atoms. The molecule has 0 aliphatic carbocycles. The number of aromatic nitrogens is 2. The molecule has 0 aliphatic rings. The molecule has 0 aliphatic heterocycles. The molecule has 1 aromatic heterocycles. The van der Waals surface area contributed by atoms with Crippen molar-refractivity contribution >= 4 is 15.9 Å². The number of alkyl halides is 1. The van der Waals surface area contributed by atoms with Crippen LogP contribution in [0.3, 0.4) is 0 Å². The molecule has 5 heteroatoms. The van der Waals surface area contributed by atoms with Gasteiger partial charge in [-0.05, 0) is 38.1 Å². The predicted molar refractivity (Wildman–Crippen MR) is 76.0 cm³/mol. The third kappa shape index (κ3) is 3.35. The molecule has 0 fully saturated rings. The number of halogens is 2. The van der Waals surface area contributed by atoms with Crippen LogP contribution in [0, 0.1) is 12.7 Å². The van der Waals surface area contributed by atoms with Crippen molar-refractivity contribution in [3.05, 3.63) is 47.0 Å². The lowest BCUT2D eigenvalue weighted by Gasteiger charge is -2.11. The van der Waals surface area contributed by atoms with E-state index in [-0.39, 0.29) is 5.82 Å². The minimum atomic E-state index is -0.253. The first kappa shape index (κ1) is 14.1. The first-order chi connectivity index (χ1) is 9.13. The van der Waals surface area contributed by atoms with E-state index in [9.17, 15) is 4.39 Å². The standard InChI is InChI=1S/C14H16BrFN2O/c1-3-18-13(6-10(2)17-18)9-19-14-5-4-12(16)7-11(14)8-15/h4-7H,3,8-9H2,1-2H3. The summed E-state index contributed by atoms with van der Waals surface area (Å²) in [6.07, 6.45) is 0. The van der Waals surface area contributed by atoms with Crippen LogP contribution < -0.4 is 4.74 Å². The SMILES string of the molecule is CCn1nc(C)cc1COc1ccc(F)cc1CBr. The minimum Gasteiger partial charge on any atom is -0.487 e. The Hall–Kier alpha value is -1.36. The topological polar surface area (TPSA) is 27.1 Å². The number of rotatable bonds is 5. The van der Waals surface area contributed by atoms with Gasteiger partial charge in [-0.15, -0.1) is 0 Å². The summed E-state index contributed by atoms with van der Waals surface area (Å²) in [4.78, 5) is 0. The Bertz CT molecular complexity index is 569. The van der Waals surface area contributed by atoms with Crippen LogP contribution in [0.1, 0.15) is 23.9 Å². The summed E-state index contributed by atoms with van der Waals surface area (Å²) >= 11 is 3.34. The Balaban J connectivity index is 2.14. The molecular weight excluding hydrogens is 311 g/mol. The largest absolute Gasteiger partial charge is 0.487 e. The maximum Gasteiger partial charge on any atom is 0.130 e. The molecule has 0 N–H and O–H groups in total. The van der Waals surface area contributed by atoms with Crippen LogP contribution in [0.5, 0.6) is 5.75 Å². The number of hydrogen-bond acceptors (Lipinski definition) is 2. The summed E-state index contributed by atoms with van der Waals surface area (Å²) in [6, 6.07) is 6.54. The number of aryl methyl sites for hydroxylation is 2. The fourth-order valence-corrected chi connectivity index (χ4v) is 2.37. The monoisotopic (exact) mass is 326 g/mol. The number of ether oxygens (including phenoxy) is 1. The summed E-state index contributed by atoms with van der Waals surface area (Å²) in [5, 5.41) is 4.93. The molecule has 102 valence electrons. The smallest absolute Gasteiger partial charge is 0.130 e. The quantitative estimate of drug-likeness (QED) is 0.781. The second-order valence-corrected chi connectivity index (χ2v) is 4.83. The normalized spacial score (nSPS) is 10.7. The molecule has 0 bridgehead atoms. The summed E-state index contributed by atoms with van der Waals surface area (Å²) in [5.74, 6) is 0.441. The van der Waals surface area contributed by atoms with Gasteiger partial charge in [-0.3, -0.25) is 4.68 Å². The van der Waals surface area contributed by atoms with E-state index in [1.807, 2.05) is 24.6 Å². The lowest BCUT2D eigenvalue weighted by Crippen LogP contribution is -2.06. The lowest BCUT2D eigenvalue weighted by molar-refractivity contribution is 0.290. The number of hydrogen-bond donors (Lipinski definition) is 0. The molecule has 1 heterocycles.